The number of thiophene rings is 1. The minimum atomic E-state index is -3.82. The van der Waals surface area contributed by atoms with Crippen LogP contribution >= 0.6 is 11.3 Å². The van der Waals surface area contributed by atoms with Gasteiger partial charge in [0, 0.05) is 19.2 Å². The van der Waals surface area contributed by atoms with Crippen molar-refractivity contribution in [2.45, 2.75) is 29.6 Å². The number of hydrogen-bond donors (Lipinski definition) is 3. The van der Waals surface area contributed by atoms with E-state index in [1.807, 2.05) is 0 Å². The van der Waals surface area contributed by atoms with Gasteiger partial charge in [-0.1, -0.05) is 11.3 Å². The zero-order chi connectivity index (χ0) is 15.8. The van der Waals surface area contributed by atoms with Crippen LogP contribution in [-0.2, 0) is 10.0 Å². The molecule has 0 aromatic carbocycles. The van der Waals surface area contributed by atoms with Gasteiger partial charge in [0.05, 0.1) is 10.5 Å². The van der Waals surface area contributed by atoms with E-state index >= 15 is 0 Å². The van der Waals surface area contributed by atoms with Crippen LogP contribution in [0.3, 0.4) is 0 Å². The molecule has 21 heavy (non-hydrogen) atoms. The summed E-state index contributed by atoms with van der Waals surface area (Å²) in [5.41, 5.74) is 0.891. The lowest BCUT2D eigenvalue weighted by Gasteiger charge is -2.34. The summed E-state index contributed by atoms with van der Waals surface area (Å²) in [6.07, 6.45) is 0.642. The number of nitrogens with one attached hydrogen (secondary N) is 1. The van der Waals surface area contributed by atoms with Crippen LogP contribution in [-0.4, -0.2) is 41.4 Å². The first kappa shape index (κ1) is 16.1. The van der Waals surface area contributed by atoms with Crippen molar-refractivity contribution >= 4 is 32.0 Å². The molecule has 0 bridgehead atoms. The predicted molar refractivity (Wildman–Crippen MR) is 77.4 cm³/mol. The fourth-order valence-electron chi connectivity index (χ4n) is 2.06. The second-order valence-corrected chi connectivity index (χ2v) is 8.30. The maximum Gasteiger partial charge on any atom is 0.306 e. The summed E-state index contributed by atoms with van der Waals surface area (Å²) in [5.74, 6) is 5.17. The summed E-state index contributed by atoms with van der Waals surface area (Å²) in [5, 5.41) is 20.7. The van der Waals surface area contributed by atoms with Crippen LogP contribution < -0.4 is 11.3 Å². The number of nitrogens with zero attached hydrogens (tertiary/aromatic N) is 2. The van der Waals surface area contributed by atoms with Crippen molar-refractivity contribution < 1.29 is 18.4 Å². The Hall–Kier alpha value is -1.27. The van der Waals surface area contributed by atoms with Gasteiger partial charge in [0.25, 0.3) is 10.0 Å². The molecule has 0 aliphatic carbocycles. The molecule has 0 spiro atoms. The van der Waals surface area contributed by atoms with Crippen LogP contribution in [0.15, 0.2) is 10.3 Å². The Morgan fingerprint density at radius 1 is 1.52 bits per heavy atom. The van der Waals surface area contributed by atoms with Crippen molar-refractivity contribution in [3.8, 4) is 0 Å². The number of hydrazine groups is 1. The molecule has 11 heteroatoms. The van der Waals surface area contributed by atoms with E-state index in [2.05, 4.69) is 5.43 Å². The average molecular weight is 336 g/mol. The summed E-state index contributed by atoms with van der Waals surface area (Å²) in [6, 6.07) is 1.00. The lowest BCUT2D eigenvalue weighted by Crippen LogP contribution is -2.44. The molecule has 1 aromatic heterocycles. The summed E-state index contributed by atoms with van der Waals surface area (Å²) in [6.45, 7) is 2.00. The zero-order valence-corrected chi connectivity index (χ0v) is 12.9. The third kappa shape index (κ3) is 3.16. The van der Waals surface area contributed by atoms with E-state index < -0.39 is 20.5 Å². The Morgan fingerprint density at radius 3 is 2.52 bits per heavy atom. The second kappa shape index (κ2) is 5.50. The van der Waals surface area contributed by atoms with Crippen LogP contribution in [0.2, 0.25) is 0 Å². The molecule has 2 heterocycles. The van der Waals surface area contributed by atoms with Gasteiger partial charge in [-0.2, -0.15) is 4.31 Å². The Balaban J connectivity index is 2.30. The molecule has 1 fully saturated rings. The summed E-state index contributed by atoms with van der Waals surface area (Å²) in [4.78, 5) is 10.2. The van der Waals surface area contributed by atoms with E-state index in [0.29, 0.717) is 12.8 Å². The molecule has 4 N–H and O–H groups in total. The topological polar surface area (TPSA) is 139 Å². The van der Waals surface area contributed by atoms with E-state index in [1.165, 1.54) is 4.31 Å². The molecule has 0 unspecified atom stereocenters. The van der Waals surface area contributed by atoms with E-state index in [9.17, 15) is 23.6 Å². The molecule has 118 valence electrons. The number of aliphatic hydroxyl groups is 1. The summed E-state index contributed by atoms with van der Waals surface area (Å²) < 4.78 is 26.0. The van der Waals surface area contributed by atoms with Gasteiger partial charge in [0.1, 0.15) is 4.21 Å². The van der Waals surface area contributed by atoms with E-state index in [0.717, 1.165) is 17.4 Å². The van der Waals surface area contributed by atoms with E-state index in [-0.39, 0.29) is 28.0 Å². The van der Waals surface area contributed by atoms with Gasteiger partial charge in [0.15, 0.2) is 5.00 Å². The number of piperidine rings is 1. The average Bonchev–Trinajstić information content (AvgIpc) is 2.83. The van der Waals surface area contributed by atoms with Crippen molar-refractivity contribution in [2.24, 2.45) is 5.84 Å². The Morgan fingerprint density at radius 2 is 2.10 bits per heavy atom. The number of nitrogens with two attached hydrogens (primary N) is 1. The van der Waals surface area contributed by atoms with Crippen LogP contribution in [0, 0.1) is 10.1 Å². The van der Waals surface area contributed by atoms with Crippen molar-refractivity contribution in [3.63, 3.8) is 0 Å². The van der Waals surface area contributed by atoms with Crippen LogP contribution in [0.25, 0.3) is 0 Å². The van der Waals surface area contributed by atoms with Crippen LogP contribution in [0.5, 0.6) is 0 Å². The van der Waals surface area contributed by atoms with Crippen molar-refractivity contribution in [3.05, 3.63) is 16.2 Å². The number of hydrogen-bond acceptors (Lipinski definition) is 8. The second-order valence-electron chi connectivity index (χ2n) is 5.08. The van der Waals surface area contributed by atoms with Gasteiger partial charge >= 0.3 is 5.69 Å². The first-order valence-corrected chi connectivity index (χ1v) is 8.40. The number of nitro groups is 1. The van der Waals surface area contributed by atoms with Crippen molar-refractivity contribution in [2.75, 3.05) is 18.5 Å². The lowest BCUT2D eigenvalue weighted by molar-refractivity contribution is -0.383. The predicted octanol–water partition coefficient (Wildman–Crippen LogP) is 0.477. The monoisotopic (exact) mass is 336 g/mol. The largest absolute Gasteiger partial charge is 0.390 e. The standard InChI is InChI=1S/C10H16N4O5S2/c1-10(15)2-4-13(5-3-10)21(18,19)8-6-7(14(16)17)9(12-11)20-8/h6,12,15H,2-5,11H2,1H3. The first-order valence-electron chi connectivity index (χ1n) is 6.15. The Bertz CT molecular complexity index is 644. The van der Waals surface area contributed by atoms with Gasteiger partial charge < -0.3 is 10.5 Å². The molecular weight excluding hydrogens is 320 g/mol. The third-order valence-corrected chi connectivity index (χ3v) is 6.81. The molecule has 0 atom stereocenters. The lowest BCUT2D eigenvalue weighted by atomic mass is 9.95. The maximum atomic E-state index is 12.5. The molecule has 1 aromatic rings. The van der Waals surface area contributed by atoms with Crippen LogP contribution in [0.1, 0.15) is 19.8 Å². The molecule has 1 aliphatic heterocycles. The number of rotatable bonds is 4. The van der Waals surface area contributed by atoms with Gasteiger partial charge in [-0.05, 0) is 19.8 Å². The number of nitrogen functional groups attached to an aromatic ring is 1. The third-order valence-electron chi connectivity index (χ3n) is 3.41. The molecule has 1 aliphatic rings. The molecule has 1 saturated heterocycles. The number of sulfonamides is 1. The van der Waals surface area contributed by atoms with Gasteiger partial charge in [-0.25, -0.2) is 14.3 Å². The van der Waals surface area contributed by atoms with E-state index in [1.54, 1.807) is 6.92 Å². The highest BCUT2D eigenvalue weighted by Gasteiger charge is 2.36. The first-order chi connectivity index (χ1) is 9.67. The quantitative estimate of drug-likeness (QED) is 0.413. The summed E-state index contributed by atoms with van der Waals surface area (Å²) in [7, 11) is -3.82. The summed E-state index contributed by atoms with van der Waals surface area (Å²) >= 11 is 0.718. The number of anilines is 1. The highest BCUT2D eigenvalue weighted by molar-refractivity contribution is 7.91. The normalized spacial score (nSPS) is 19.4. The van der Waals surface area contributed by atoms with Gasteiger partial charge in [-0.3, -0.25) is 10.1 Å². The minimum Gasteiger partial charge on any atom is -0.390 e. The SMILES string of the molecule is CC1(O)CCN(S(=O)(=O)c2cc([N+](=O)[O-])c(NN)s2)CC1. The smallest absolute Gasteiger partial charge is 0.306 e. The molecular formula is C10H16N4O5S2. The van der Waals surface area contributed by atoms with Crippen molar-refractivity contribution in [1.82, 2.24) is 4.31 Å². The molecule has 0 radical (unpaired) electrons. The highest BCUT2D eigenvalue weighted by Crippen LogP contribution is 2.38. The molecule has 0 saturated carbocycles. The van der Waals surface area contributed by atoms with Crippen molar-refractivity contribution in [1.29, 1.82) is 0 Å². The van der Waals surface area contributed by atoms with Gasteiger partial charge in [-0.15, -0.1) is 0 Å². The minimum absolute atomic E-state index is 0.0115. The Labute approximate surface area is 125 Å². The molecule has 9 nitrogen and oxygen atoms in total. The van der Waals surface area contributed by atoms with E-state index in [4.69, 9.17) is 5.84 Å². The molecule has 0 amide bonds. The van der Waals surface area contributed by atoms with Crippen LogP contribution in [0.4, 0.5) is 10.7 Å². The van der Waals surface area contributed by atoms with Gasteiger partial charge in [0.2, 0.25) is 0 Å². The Kier molecular flexibility index (Phi) is 4.22. The fourth-order valence-corrected chi connectivity index (χ4v) is 4.90. The zero-order valence-electron chi connectivity index (χ0n) is 11.3. The maximum absolute atomic E-state index is 12.5. The fraction of sp³-hybridized carbons (Fsp3) is 0.600. The highest BCUT2D eigenvalue weighted by atomic mass is 32.2. The molecule has 2 rings (SSSR count).